The maximum atomic E-state index is 12.6. The van der Waals surface area contributed by atoms with Gasteiger partial charge in [0.05, 0.1) is 30.3 Å². The van der Waals surface area contributed by atoms with Gasteiger partial charge in [-0.05, 0) is 24.6 Å². The molecule has 4 nitrogen and oxygen atoms in total. The number of amides is 1. The zero-order chi connectivity index (χ0) is 14.2. The summed E-state index contributed by atoms with van der Waals surface area (Å²) in [4.78, 5) is 14.4. The van der Waals surface area contributed by atoms with Crippen molar-refractivity contribution >= 4 is 33.4 Å². The first-order chi connectivity index (χ1) is 9.60. The van der Waals surface area contributed by atoms with Crippen LogP contribution < -0.4 is 0 Å². The first-order valence-electron chi connectivity index (χ1n) is 6.62. The largest absolute Gasteiger partial charge is 0.346 e. The number of carbonyl (C=O) groups excluding carboxylic acids is 1. The van der Waals surface area contributed by atoms with Crippen LogP contribution in [0.2, 0.25) is 5.02 Å². The van der Waals surface area contributed by atoms with Crippen LogP contribution in [-0.2, 0) is 9.47 Å². The van der Waals surface area contributed by atoms with Crippen molar-refractivity contribution in [3.05, 3.63) is 33.3 Å². The molecule has 3 rings (SSSR count). The van der Waals surface area contributed by atoms with Gasteiger partial charge in [0.25, 0.3) is 5.91 Å². The van der Waals surface area contributed by atoms with E-state index < -0.39 is 5.79 Å². The Hall–Kier alpha value is -0.620. The second-order valence-corrected chi connectivity index (χ2v) is 6.38. The fraction of sp³-hybridized carbons (Fsp3) is 0.500. The first kappa shape index (κ1) is 14.3. The SMILES string of the molecule is O=C(c1cc(Br)ccc1Cl)N1CCCC2(C1)OCCO2. The number of hydrogen-bond acceptors (Lipinski definition) is 3. The molecular weight excluding hydrogens is 346 g/mol. The molecule has 0 N–H and O–H groups in total. The molecule has 1 aromatic rings. The van der Waals surface area contributed by atoms with Crippen LogP contribution in [0.5, 0.6) is 0 Å². The van der Waals surface area contributed by atoms with E-state index in [1.807, 2.05) is 6.07 Å². The van der Waals surface area contributed by atoms with Crippen molar-refractivity contribution in [2.75, 3.05) is 26.3 Å². The van der Waals surface area contributed by atoms with Gasteiger partial charge in [-0.15, -0.1) is 0 Å². The van der Waals surface area contributed by atoms with E-state index in [0.29, 0.717) is 36.9 Å². The van der Waals surface area contributed by atoms with Gasteiger partial charge in [-0.25, -0.2) is 0 Å². The molecule has 1 spiro atoms. The number of nitrogens with zero attached hydrogens (tertiary/aromatic N) is 1. The van der Waals surface area contributed by atoms with E-state index in [9.17, 15) is 4.79 Å². The van der Waals surface area contributed by atoms with Crippen molar-refractivity contribution in [2.24, 2.45) is 0 Å². The third-order valence-corrected chi connectivity index (χ3v) is 4.50. The smallest absolute Gasteiger partial charge is 0.255 e. The summed E-state index contributed by atoms with van der Waals surface area (Å²) in [5, 5.41) is 0.464. The topological polar surface area (TPSA) is 38.8 Å². The number of likely N-dealkylation sites (tertiary alicyclic amines) is 1. The average molecular weight is 361 g/mol. The molecule has 1 aromatic carbocycles. The second kappa shape index (κ2) is 5.64. The lowest BCUT2D eigenvalue weighted by atomic mass is 10.0. The highest BCUT2D eigenvalue weighted by Gasteiger charge is 2.42. The summed E-state index contributed by atoms with van der Waals surface area (Å²) in [7, 11) is 0. The Labute approximate surface area is 131 Å². The Bertz CT molecular complexity index is 531. The van der Waals surface area contributed by atoms with Gasteiger partial charge in [0.15, 0.2) is 5.79 Å². The Kier molecular flexibility index (Phi) is 4.04. The van der Waals surface area contributed by atoms with Crippen LogP contribution in [0.15, 0.2) is 22.7 Å². The predicted molar refractivity (Wildman–Crippen MR) is 78.9 cm³/mol. The van der Waals surface area contributed by atoms with Gasteiger partial charge in [0.1, 0.15) is 0 Å². The number of halogens is 2. The van der Waals surface area contributed by atoms with E-state index in [4.69, 9.17) is 21.1 Å². The quantitative estimate of drug-likeness (QED) is 0.772. The van der Waals surface area contributed by atoms with Gasteiger partial charge in [-0.1, -0.05) is 27.5 Å². The monoisotopic (exact) mass is 359 g/mol. The number of piperidine rings is 1. The molecule has 2 fully saturated rings. The minimum absolute atomic E-state index is 0.0746. The zero-order valence-corrected chi connectivity index (χ0v) is 13.2. The molecule has 6 heteroatoms. The molecule has 2 heterocycles. The average Bonchev–Trinajstić information content (AvgIpc) is 2.88. The van der Waals surface area contributed by atoms with Crippen LogP contribution in [0, 0.1) is 0 Å². The summed E-state index contributed by atoms with van der Waals surface area (Å²) >= 11 is 9.50. The minimum atomic E-state index is -0.605. The summed E-state index contributed by atoms with van der Waals surface area (Å²) in [5.41, 5.74) is 0.510. The molecule has 2 aliphatic rings. The fourth-order valence-corrected chi connectivity index (χ4v) is 3.29. The van der Waals surface area contributed by atoms with Crippen LogP contribution in [-0.4, -0.2) is 42.9 Å². The summed E-state index contributed by atoms with van der Waals surface area (Å²) in [6, 6.07) is 5.30. The lowest BCUT2D eigenvalue weighted by molar-refractivity contribution is -0.183. The summed E-state index contributed by atoms with van der Waals surface area (Å²) in [6.07, 6.45) is 1.71. The normalized spacial score (nSPS) is 21.4. The van der Waals surface area contributed by atoms with Gasteiger partial charge in [-0.3, -0.25) is 4.79 Å². The van der Waals surface area contributed by atoms with Crippen LogP contribution in [0.25, 0.3) is 0 Å². The van der Waals surface area contributed by atoms with E-state index in [-0.39, 0.29) is 5.91 Å². The maximum Gasteiger partial charge on any atom is 0.255 e. The maximum absolute atomic E-state index is 12.6. The summed E-state index contributed by atoms with van der Waals surface area (Å²) in [5.74, 6) is -0.679. The molecular formula is C14H15BrClNO3. The van der Waals surface area contributed by atoms with Crippen molar-refractivity contribution in [1.29, 1.82) is 0 Å². The third-order valence-electron chi connectivity index (χ3n) is 3.68. The number of rotatable bonds is 1. The van der Waals surface area contributed by atoms with Gasteiger partial charge in [0.2, 0.25) is 0 Å². The first-order valence-corrected chi connectivity index (χ1v) is 7.79. The van der Waals surface area contributed by atoms with Gasteiger partial charge < -0.3 is 14.4 Å². The molecule has 0 aromatic heterocycles. The Balaban J connectivity index is 1.81. The van der Waals surface area contributed by atoms with E-state index in [2.05, 4.69) is 15.9 Å². The molecule has 0 bridgehead atoms. The second-order valence-electron chi connectivity index (χ2n) is 5.06. The fourth-order valence-electron chi connectivity index (χ4n) is 2.73. The highest BCUT2D eigenvalue weighted by molar-refractivity contribution is 9.10. The Morgan fingerprint density at radius 3 is 2.85 bits per heavy atom. The van der Waals surface area contributed by atoms with Crippen molar-refractivity contribution in [2.45, 2.75) is 18.6 Å². The van der Waals surface area contributed by atoms with E-state index >= 15 is 0 Å². The number of hydrogen-bond donors (Lipinski definition) is 0. The molecule has 0 unspecified atom stereocenters. The summed E-state index contributed by atoms with van der Waals surface area (Å²) < 4.78 is 12.2. The van der Waals surface area contributed by atoms with Crippen LogP contribution in [0.3, 0.4) is 0 Å². The highest BCUT2D eigenvalue weighted by Crippen LogP contribution is 2.31. The van der Waals surface area contributed by atoms with Gasteiger partial charge in [-0.2, -0.15) is 0 Å². The molecule has 108 valence electrons. The predicted octanol–water partition coefficient (Wildman–Crippen LogP) is 3.08. The van der Waals surface area contributed by atoms with Crippen LogP contribution in [0.4, 0.5) is 0 Å². The summed E-state index contributed by atoms with van der Waals surface area (Å²) in [6.45, 7) is 2.37. The highest BCUT2D eigenvalue weighted by atomic mass is 79.9. The number of carbonyl (C=O) groups is 1. The van der Waals surface area contributed by atoms with Crippen LogP contribution in [0.1, 0.15) is 23.2 Å². The number of ether oxygens (including phenoxy) is 2. The Morgan fingerprint density at radius 1 is 1.35 bits per heavy atom. The van der Waals surface area contributed by atoms with Gasteiger partial charge in [0, 0.05) is 17.4 Å². The standard InChI is InChI=1S/C14H15BrClNO3/c15-10-2-3-12(16)11(8-10)13(18)17-5-1-4-14(9-17)19-6-7-20-14/h2-3,8H,1,4-7,9H2. The minimum Gasteiger partial charge on any atom is -0.346 e. The van der Waals surface area contributed by atoms with Crippen molar-refractivity contribution in [1.82, 2.24) is 4.90 Å². The van der Waals surface area contributed by atoms with E-state index in [1.54, 1.807) is 17.0 Å². The molecule has 2 aliphatic heterocycles. The lowest BCUT2D eigenvalue weighted by Gasteiger charge is -2.38. The van der Waals surface area contributed by atoms with Gasteiger partial charge >= 0.3 is 0 Å². The number of benzene rings is 1. The lowest BCUT2D eigenvalue weighted by Crippen LogP contribution is -2.51. The van der Waals surface area contributed by atoms with Crippen LogP contribution >= 0.6 is 27.5 Å². The van der Waals surface area contributed by atoms with Crippen molar-refractivity contribution in [3.8, 4) is 0 Å². The molecule has 0 atom stereocenters. The van der Waals surface area contributed by atoms with E-state index in [0.717, 1.165) is 17.3 Å². The zero-order valence-electron chi connectivity index (χ0n) is 10.9. The molecule has 1 amide bonds. The van der Waals surface area contributed by atoms with Crippen molar-refractivity contribution in [3.63, 3.8) is 0 Å². The molecule has 0 radical (unpaired) electrons. The molecule has 20 heavy (non-hydrogen) atoms. The molecule has 0 saturated carbocycles. The Morgan fingerprint density at radius 2 is 2.10 bits per heavy atom. The molecule has 2 saturated heterocycles. The van der Waals surface area contributed by atoms with E-state index in [1.165, 1.54) is 0 Å². The molecule has 0 aliphatic carbocycles. The third kappa shape index (κ3) is 2.72. The van der Waals surface area contributed by atoms with Crippen molar-refractivity contribution < 1.29 is 14.3 Å².